The predicted octanol–water partition coefficient (Wildman–Crippen LogP) is 1.59. The van der Waals surface area contributed by atoms with Crippen LogP contribution < -0.4 is 5.32 Å². The second kappa shape index (κ2) is 5.51. The smallest absolute Gasteiger partial charge is 0.257 e. The van der Waals surface area contributed by atoms with Crippen molar-refractivity contribution in [3.05, 3.63) is 41.7 Å². The predicted molar refractivity (Wildman–Crippen MR) is 79.4 cm³/mol. The molecule has 114 valence electrons. The van der Waals surface area contributed by atoms with E-state index in [1.54, 1.807) is 6.20 Å². The van der Waals surface area contributed by atoms with Crippen molar-refractivity contribution in [3.63, 3.8) is 0 Å². The van der Waals surface area contributed by atoms with E-state index < -0.39 is 0 Å². The second-order valence-electron chi connectivity index (χ2n) is 5.61. The molecule has 4 rings (SSSR count). The first-order valence-corrected chi connectivity index (χ1v) is 7.38. The lowest BCUT2D eigenvalue weighted by molar-refractivity contribution is -0.0438. The summed E-state index contributed by atoms with van der Waals surface area (Å²) in [5.74, 6) is 1.20. The maximum Gasteiger partial charge on any atom is 0.257 e. The number of morpholine rings is 1. The molecule has 22 heavy (non-hydrogen) atoms. The fourth-order valence-corrected chi connectivity index (χ4v) is 2.69. The molecule has 7 nitrogen and oxygen atoms in total. The lowest BCUT2D eigenvalue weighted by Gasteiger charge is -2.25. The fourth-order valence-electron chi connectivity index (χ4n) is 2.69. The van der Waals surface area contributed by atoms with Gasteiger partial charge in [0.2, 0.25) is 0 Å². The molecular weight excluding hydrogens is 282 g/mol. The van der Waals surface area contributed by atoms with Crippen molar-refractivity contribution in [1.29, 1.82) is 0 Å². The van der Waals surface area contributed by atoms with E-state index in [0.717, 1.165) is 23.0 Å². The van der Waals surface area contributed by atoms with Crippen LogP contribution >= 0.6 is 0 Å². The van der Waals surface area contributed by atoms with Crippen LogP contribution in [0.5, 0.6) is 0 Å². The summed E-state index contributed by atoms with van der Waals surface area (Å²) in [7, 11) is 0. The van der Waals surface area contributed by atoms with Gasteiger partial charge in [-0.25, -0.2) is 0 Å². The molecule has 1 aliphatic heterocycles. The van der Waals surface area contributed by atoms with E-state index in [-0.39, 0.29) is 12.2 Å². The van der Waals surface area contributed by atoms with Gasteiger partial charge in [-0.15, -0.1) is 0 Å². The van der Waals surface area contributed by atoms with E-state index in [0.29, 0.717) is 24.7 Å². The number of aromatic amines is 1. The highest BCUT2D eigenvalue weighted by Crippen LogP contribution is 2.21. The molecular formula is C15H17N5O2. The van der Waals surface area contributed by atoms with Crippen LogP contribution in [0.15, 0.2) is 28.9 Å². The number of nitrogens with zero attached hydrogens (tertiary/aromatic N) is 3. The van der Waals surface area contributed by atoms with Gasteiger partial charge >= 0.3 is 0 Å². The minimum Gasteiger partial charge on any atom is -0.363 e. The standard InChI is InChI=1S/C15H17N5O2/c1-9-6-16-8-13(21-9)15-18-14(20-22-15)5-10-2-3-11-7-17-19-12(11)4-10/h2-4,7,9,13,16H,5-6,8H2,1H3,(H,17,19)/t9-,13-/m1/s1. The van der Waals surface area contributed by atoms with Gasteiger partial charge in [-0.05, 0) is 18.6 Å². The Morgan fingerprint density at radius 2 is 2.27 bits per heavy atom. The van der Waals surface area contributed by atoms with Gasteiger partial charge in [0, 0.05) is 24.9 Å². The summed E-state index contributed by atoms with van der Waals surface area (Å²) in [6.07, 6.45) is 2.41. The zero-order valence-corrected chi connectivity index (χ0v) is 12.2. The summed E-state index contributed by atoms with van der Waals surface area (Å²) in [5.41, 5.74) is 2.12. The van der Waals surface area contributed by atoms with Crippen LogP contribution in [0, 0.1) is 0 Å². The van der Waals surface area contributed by atoms with Gasteiger partial charge in [0.15, 0.2) is 5.82 Å². The van der Waals surface area contributed by atoms with Crippen LogP contribution in [0.2, 0.25) is 0 Å². The maximum atomic E-state index is 5.81. The molecule has 2 atom stereocenters. The molecule has 0 radical (unpaired) electrons. The van der Waals surface area contributed by atoms with Crippen LogP contribution in [-0.4, -0.2) is 39.5 Å². The highest BCUT2D eigenvalue weighted by Gasteiger charge is 2.25. The summed E-state index contributed by atoms with van der Waals surface area (Å²) in [4.78, 5) is 4.46. The van der Waals surface area contributed by atoms with Gasteiger partial charge in [0.25, 0.3) is 5.89 Å². The Labute approximate surface area is 127 Å². The first-order chi connectivity index (χ1) is 10.8. The number of H-pyrrole nitrogens is 1. The fraction of sp³-hybridized carbons (Fsp3) is 0.400. The van der Waals surface area contributed by atoms with E-state index in [1.165, 1.54) is 0 Å². The van der Waals surface area contributed by atoms with Crippen molar-refractivity contribution >= 4 is 10.9 Å². The molecule has 0 saturated carbocycles. The minimum atomic E-state index is -0.167. The van der Waals surface area contributed by atoms with Crippen molar-refractivity contribution < 1.29 is 9.26 Å². The van der Waals surface area contributed by atoms with Crippen molar-refractivity contribution in [3.8, 4) is 0 Å². The number of hydrogen-bond donors (Lipinski definition) is 2. The molecule has 2 N–H and O–H groups in total. The quantitative estimate of drug-likeness (QED) is 0.763. The molecule has 0 bridgehead atoms. The van der Waals surface area contributed by atoms with E-state index in [9.17, 15) is 0 Å². The average Bonchev–Trinajstić information content (AvgIpc) is 3.16. The van der Waals surface area contributed by atoms with Gasteiger partial charge in [-0.1, -0.05) is 17.3 Å². The molecule has 1 saturated heterocycles. The Hall–Kier alpha value is -2.25. The normalized spacial score (nSPS) is 22.2. The Kier molecular flexibility index (Phi) is 3.36. The Morgan fingerprint density at radius 1 is 1.32 bits per heavy atom. The van der Waals surface area contributed by atoms with Crippen molar-refractivity contribution in [1.82, 2.24) is 25.7 Å². The van der Waals surface area contributed by atoms with Crippen molar-refractivity contribution in [2.24, 2.45) is 0 Å². The molecule has 7 heteroatoms. The lowest BCUT2D eigenvalue weighted by atomic mass is 10.1. The topological polar surface area (TPSA) is 88.9 Å². The number of ether oxygens (including phenoxy) is 1. The van der Waals surface area contributed by atoms with Crippen LogP contribution in [0.4, 0.5) is 0 Å². The second-order valence-corrected chi connectivity index (χ2v) is 5.61. The Bertz CT molecular complexity index is 781. The van der Waals surface area contributed by atoms with Gasteiger partial charge in [-0.3, -0.25) is 5.10 Å². The molecule has 3 heterocycles. The number of aromatic nitrogens is 4. The number of benzene rings is 1. The molecule has 2 aromatic heterocycles. The average molecular weight is 299 g/mol. The molecule has 0 spiro atoms. The highest BCUT2D eigenvalue weighted by atomic mass is 16.5. The van der Waals surface area contributed by atoms with E-state index >= 15 is 0 Å². The zero-order chi connectivity index (χ0) is 14.9. The summed E-state index contributed by atoms with van der Waals surface area (Å²) >= 11 is 0. The van der Waals surface area contributed by atoms with Crippen molar-refractivity contribution in [2.45, 2.75) is 25.6 Å². The van der Waals surface area contributed by atoms with Gasteiger partial charge in [-0.2, -0.15) is 10.1 Å². The van der Waals surface area contributed by atoms with Gasteiger partial charge < -0.3 is 14.6 Å². The minimum absolute atomic E-state index is 0.150. The van der Waals surface area contributed by atoms with Crippen LogP contribution in [0.3, 0.4) is 0 Å². The first kappa shape index (κ1) is 13.4. The van der Waals surface area contributed by atoms with E-state index in [4.69, 9.17) is 9.26 Å². The lowest BCUT2D eigenvalue weighted by Crippen LogP contribution is -2.39. The summed E-state index contributed by atoms with van der Waals surface area (Å²) in [6.45, 7) is 3.57. The number of rotatable bonds is 3. The van der Waals surface area contributed by atoms with E-state index in [1.807, 2.05) is 13.0 Å². The summed E-state index contributed by atoms with van der Waals surface area (Å²) in [6, 6.07) is 6.14. The number of hydrogen-bond acceptors (Lipinski definition) is 6. The third-order valence-electron chi connectivity index (χ3n) is 3.79. The zero-order valence-electron chi connectivity index (χ0n) is 12.2. The Balaban J connectivity index is 1.51. The third kappa shape index (κ3) is 2.60. The van der Waals surface area contributed by atoms with Gasteiger partial charge in [0.05, 0.1) is 17.8 Å². The largest absolute Gasteiger partial charge is 0.363 e. The number of fused-ring (bicyclic) bond motifs is 1. The molecule has 0 unspecified atom stereocenters. The third-order valence-corrected chi connectivity index (χ3v) is 3.79. The molecule has 0 amide bonds. The van der Waals surface area contributed by atoms with Crippen molar-refractivity contribution in [2.75, 3.05) is 13.1 Å². The van der Waals surface area contributed by atoms with Crippen LogP contribution in [0.1, 0.15) is 30.3 Å². The Morgan fingerprint density at radius 3 is 3.18 bits per heavy atom. The van der Waals surface area contributed by atoms with E-state index in [2.05, 4.69) is 37.8 Å². The monoisotopic (exact) mass is 299 g/mol. The molecule has 0 aliphatic carbocycles. The summed E-state index contributed by atoms with van der Waals surface area (Å²) in [5, 5.41) is 15.4. The van der Waals surface area contributed by atoms with Gasteiger partial charge in [0.1, 0.15) is 6.10 Å². The molecule has 3 aromatic rings. The SMILES string of the molecule is C[C@@H]1CNC[C@H](c2nc(Cc3ccc4cn[nH]c4c3)no2)O1. The molecule has 1 aromatic carbocycles. The number of nitrogens with one attached hydrogen (secondary N) is 2. The van der Waals surface area contributed by atoms with Crippen LogP contribution in [0.25, 0.3) is 10.9 Å². The van der Waals surface area contributed by atoms with Crippen LogP contribution in [-0.2, 0) is 11.2 Å². The summed E-state index contributed by atoms with van der Waals surface area (Å²) < 4.78 is 11.2. The molecule has 1 aliphatic rings. The molecule has 1 fully saturated rings. The maximum absolute atomic E-state index is 5.81. The highest BCUT2D eigenvalue weighted by molar-refractivity contribution is 5.78. The first-order valence-electron chi connectivity index (χ1n) is 7.38.